The van der Waals surface area contributed by atoms with Crippen LogP contribution in [0.2, 0.25) is 0 Å². The molecule has 5 nitrogen and oxygen atoms in total. The van der Waals surface area contributed by atoms with Gasteiger partial charge in [0.2, 0.25) is 0 Å². The van der Waals surface area contributed by atoms with Gasteiger partial charge in [0.25, 0.3) is 0 Å². The number of carboxylic acids is 1. The Morgan fingerprint density at radius 1 is 1.26 bits per heavy atom. The highest BCUT2D eigenvalue weighted by molar-refractivity contribution is 5.80. The van der Waals surface area contributed by atoms with Gasteiger partial charge >= 0.3 is 12.0 Å². The smallest absolute Gasteiger partial charge is 0.323 e. The Balaban J connectivity index is 2.65. The minimum atomic E-state index is -0.967. The lowest BCUT2D eigenvalue weighted by atomic mass is 10.1. The molecule has 0 aromatic heterocycles. The average Bonchev–Trinajstić information content (AvgIpc) is 2.81. The predicted molar refractivity (Wildman–Crippen MR) is 74.1 cm³/mol. The lowest BCUT2D eigenvalue weighted by Crippen LogP contribution is -2.48. The van der Waals surface area contributed by atoms with E-state index >= 15 is 0 Å². The van der Waals surface area contributed by atoms with Gasteiger partial charge in [-0.2, -0.15) is 0 Å². The molecule has 1 fully saturated rings. The van der Waals surface area contributed by atoms with Gasteiger partial charge in [-0.05, 0) is 25.2 Å². The Hall–Kier alpha value is -1.26. The molecule has 1 aliphatic rings. The van der Waals surface area contributed by atoms with Gasteiger partial charge in [-0.3, -0.25) is 4.79 Å². The van der Waals surface area contributed by atoms with Crippen LogP contribution in [0.3, 0.4) is 0 Å². The first-order chi connectivity index (χ1) is 8.91. The molecule has 0 aromatic carbocycles. The van der Waals surface area contributed by atoms with E-state index in [1.165, 1.54) is 17.7 Å². The van der Waals surface area contributed by atoms with Crippen molar-refractivity contribution < 1.29 is 14.7 Å². The Kier molecular flexibility index (Phi) is 6.12. The molecule has 2 amide bonds. The zero-order chi connectivity index (χ0) is 14.4. The number of carbonyl (C=O) groups excluding carboxylic acids is 1. The SMILES string of the molecule is CC(C)CCN(C(=O)N(C)CC(=O)O)C1CCCC1. The maximum Gasteiger partial charge on any atom is 0.323 e. The lowest BCUT2D eigenvalue weighted by Gasteiger charge is -2.33. The third-order valence-corrected chi connectivity index (χ3v) is 3.66. The maximum absolute atomic E-state index is 12.4. The highest BCUT2D eigenvalue weighted by Gasteiger charge is 2.29. The number of hydrogen-bond donors (Lipinski definition) is 1. The number of aliphatic carboxylic acids is 1. The molecule has 0 saturated heterocycles. The van der Waals surface area contributed by atoms with Crippen molar-refractivity contribution in [1.82, 2.24) is 9.80 Å². The summed E-state index contributed by atoms with van der Waals surface area (Å²) >= 11 is 0. The third-order valence-electron chi connectivity index (χ3n) is 3.66. The van der Waals surface area contributed by atoms with E-state index in [9.17, 15) is 9.59 Å². The summed E-state index contributed by atoms with van der Waals surface area (Å²) in [6, 6.07) is 0.150. The molecule has 0 aliphatic heterocycles. The fourth-order valence-electron chi connectivity index (χ4n) is 2.54. The van der Waals surface area contributed by atoms with Crippen LogP contribution in [-0.2, 0) is 4.79 Å². The lowest BCUT2D eigenvalue weighted by molar-refractivity contribution is -0.137. The zero-order valence-electron chi connectivity index (χ0n) is 12.3. The van der Waals surface area contributed by atoms with Crippen LogP contribution in [0.1, 0.15) is 46.0 Å². The third kappa shape index (κ3) is 5.09. The fourth-order valence-corrected chi connectivity index (χ4v) is 2.54. The first kappa shape index (κ1) is 15.8. The van der Waals surface area contributed by atoms with Crippen LogP contribution in [0.5, 0.6) is 0 Å². The predicted octanol–water partition coefficient (Wildman–Crippen LogP) is 2.41. The van der Waals surface area contributed by atoms with E-state index in [0.717, 1.165) is 25.8 Å². The molecule has 0 unspecified atom stereocenters. The molecule has 0 heterocycles. The number of urea groups is 1. The van der Waals surface area contributed by atoms with Gasteiger partial charge in [0.1, 0.15) is 6.54 Å². The van der Waals surface area contributed by atoms with Gasteiger partial charge in [-0.25, -0.2) is 4.79 Å². The number of carboxylic acid groups (broad SMARTS) is 1. The monoisotopic (exact) mass is 270 g/mol. The minimum Gasteiger partial charge on any atom is -0.480 e. The molecule has 19 heavy (non-hydrogen) atoms. The summed E-state index contributed by atoms with van der Waals surface area (Å²) < 4.78 is 0. The fraction of sp³-hybridized carbons (Fsp3) is 0.857. The van der Waals surface area contributed by atoms with Crippen LogP contribution in [0.15, 0.2) is 0 Å². The molecule has 1 rings (SSSR count). The first-order valence-corrected chi connectivity index (χ1v) is 7.15. The summed E-state index contributed by atoms with van der Waals surface area (Å²) in [5.41, 5.74) is 0. The number of hydrogen-bond acceptors (Lipinski definition) is 2. The Bertz CT molecular complexity index is 312. The van der Waals surface area contributed by atoms with Gasteiger partial charge in [0.05, 0.1) is 0 Å². The summed E-state index contributed by atoms with van der Waals surface area (Å²) in [6.45, 7) is 4.77. The molecular weight excluding hydrogens is 244 g/mol. The van der Waals surface area contributed by atoms with E-state index in [1.54, 1.807) is 7.05 Å². The Morgan fingerprint density at radius 3 is 2.32 bits per heavy atom. The number of carbonyl (C=O) groups is 2. The molecule has 5 heteroatoms. The van der Waals surface area contributed by atoms with Gasteiger partial charge in [0, 0.05) is 19.6 Å². The summed E-state index contributed by atoms with van der Waals surface area (Å²) in [4.78, 5) is 26.3. The van der Waals surface area contributed by atoms with Crippen molar-refractivity contribution in [2.45, 2.75) is 52.0 Å². The van der Waals surface area contributed by atoms with Crippen molar-refractivity contribution in [3.05, 3.63) is 0 Å². The van der Waals surface area contributed by atoms with Crippen LogP contribution in [-0.4, -0.2) is 53.1 Å². The topological polar surface area (TPSA) is 60.9 Å². The standard InChI is InChI=1S/C14H26N2O3/c1-11(2)8-9-16(12-6-4-5-7-12)14(19)15(3)10-13(17)18/h11-12H,4-10H2,1-3H3,(H,17,18). The number of amides is 2. The van der Waals surface area contributed by atoms with Gasteiger partial charge < -0.3 is 14.9 Å². The summed E-state index contributed by atoms with van der Waals surface area (Å²) in [5, 5.41) is 8.79. The molecule has 0 atom stereocenters. The molecule has 1 aliphatic carbocycles. The maximum atomic E-state index is 12.4. The molecule has 110 valence electrons. The molecule has 0 aromatic rings. The Labute approximate surface area is 115 Å². The highest BCUT2D eigenvalue weighted by atomic mass is 16.4. The molecule has 1 saturated carbocycles. The van der Waals surface area contributed by atoms with E-state index < -0.39 is 5.97 Å². The average molecular weight is 270 g/mol. The number of rotatable bonds is 6. The van der Waals surface area contributed by atoms with E-state index in [0.29, 0.717) is 12.0 Å². The molecule has 0 radical (unpaired) electrons. The second kappa shape index (κ2) is 7.36. The van der Waals surface area contributed by atoms with Crippen molar-refractivity contribution >= 4 is 12.0 Å². The molecule has 0 bridgehead atoms. The molecule has 0 spiro atoms. The van der Waals surface area contributed by atoms with E-state index in [-0.39, 0.29) is 12.6 Å². The van der Waals surface area contributed by atoms with Crippen molar-refractivity contribution in [2.24, 2.45) is 5.92 Å². The van der Waals surface area contributed by atoms with Crippen LogP contribution >= 0.6 is 0 Å². The molecular formula is C14H26N2O3. The summed E-state index contributed by atoms with van der Waals surface area (Å²) in [6.07, 6.45) is 5.39. The van der Waals surface area contributed by atoms with E-state index in [2.05, 4.69) is 13.8 Å². The second-order valence-corrected chi connectivity index (χ2v) is 5.85. The second-order valence-electron chi connectivity index (χ2n) is 5.85. The van der Waals surface area contributed by atoms with Gasteiger partial charge in [-0.1, -0.05) is 26.7 Å². The van der Waals surface area contributed by atoms with E-state index in [1.807, 2.05) is 4.90 Å². The van der Waals surface area contributed by atoms with Crippen LogP contribution in [0, 0.1) is 5.92 Å². The molecule has 1 N–H and O–H groups in total. The number of nitrogens with zero attached hydrogens (tertiary/aromatic N) is 2. The van der Waals surface area contributed by atoms with Crippen LogP contribution in [0.4, 0.5) is 4.79 Å². The zero-order valence-corrected chi connectivity index (χ0v) is 12.3. The van der Waals surface area contributed by atoms with Crippen LogP contribution < -0.4 is 0 Å². The van der Waals surface area contributed by atoms with Crippen molar-refractivity contribution in [2.75, 3.05) is 20.1 Å². The van der Waals surface area contributed by atoms with Crippen molar-refractivity contribution in [3.8, 4) is 0 Å². The van der Waals surface area contributed by atoms with Gasteiger partial charge in [-0.15, -0.1) is 0 Å². The normalized spacial score (nSPS) is 15.8. The minimum absolute atomic E-state index is 0.144. The van der Waals surface area contributed by atoms with Crippen molar-refractivity contribution in [1.29, 1.82) is 0 Å². The summed E-state index contributed by atoms with van der Waals surface area (Å²) in [7, 11) is 1.56. The van der Waals surface area contributed by atoms with E-state index in [4.69, 9.17) is 5.11 Å². The largest absolute Gasteiger partial charge is 0.480 e. The Morgan fingerprint density at radius 2 is 1.84 bits per heavy atom. The van der Waals surface area contributed by atoms with Gasteiger partial charge in [0.15, 0.2) is 0 Å². The number of likely N-dealkylation sites (N-methyl/N-ethyl adjacent to an activating group) is 1. The quantitative estimate of drug-likeness (QED) is 0.806. The highest BCUT2D eigenvalue weighted by Crippen LogP contribution is 2.25. The summed E-state index contributed by atoms with van der Waals surface area (Å²) in [5.74, 6) is -0.424. The van der Waals surface area contributed by atoms with Crippen molar-refractivity contribution in [3.63, 3.8) is 0 Å². The van der Waals surface area contributed by atoms with Crippen LogP contribution in [0.25, 0.3) is 0 Å². The first-order valence-electron chi connectivity index (χ1n) is 7.15.